The Labute approximate surface area is 242 Å². The number of benzene rings is 2. The highest BCUT2D eigenvalue weighted by Gasteiger charge is 2.32. The van der Waals surface area contributed by atoms with Crippen LogP contribution in [0.2, 0.25) is 0 Å². The van der Waals surface area contributed by atoms with Gasteiger partial charge in [0.15, 0.2) is 5.76 Å². The third-order valence-corrected chi connectivity index (χ3v) is 7.20. The summed E-state index contributed by atoms with van der Waals surface area (Å²) >= 11 is 0. The second-order valence-electron chi connectivity index (χ2n) is 10.6. The van der Waals surface area contributed by atoms with Gasteiger partial charge in [0.25, 0.3) is 5.91 Å². The number of methoxy groups -OCH3 is 1. The number of halogens is 3. The first-order valence-electron chi connectivity index (χ1n) is 13.6. The zero-order valence-electron chi connectivity index (χ0n) is 24.0. The van der Waals surface area contributed by atoms with Crippen molar-refractivity contribution < 1.29 is 36.8 Å². The summed E-state index contributed by atoms with van der Waals surface area (Å²) in [5.41, 5.74) is 1.86. The van der Waals surface area contributed by atoms with Gasteiger partial charge in [-0.1, -0.05) is 42.4 Å². The molecule has 0 aliphatic carbocycles. The molecule has 3 atom stereocenters. The quantitative estimate of drug-likeness (QED) is 0.421. The van der Waals surface area contributed by atoms with Crippen LogP contribution in [0, 0.1) is 5.92 Å². The Bertz CT molecular complexity index is 1360. The third kappa shape index (κ3) is 8.10. The highest BCUT2D eigenvalue weighted by Crippen LogP contribution is 2.28. The zero-order chi connectivity index (χ0) is 30.4. The summed E-state index contributed by atoms with van der Waals surface area (Å²) in [6.07, 6.45) is -6.60. The van der Waals surface area contributed by atoms with E-state index in [0.717, 1.165) is 11.3 Å². The lowest BCUT2D eigenvalue weighted by atomic mass is 10.0. The van der Waals surface area contributed by atoms with Gasteiger partial charge >= 0.3 is 6.18 Å². The van der Waals surface area contributed by atoms with Gasteiger partial charge in [-0.3, -0.25) is 14.5 Å². The fraction of sp³-hybridized carbons (Fsp3) is 0.433. The van der Waals surface area contributed by atoms with Crippen LogP contribution in [0.15, 0.2) is 59.1 Å². The maximum Gasteiger partial charge on any atom is 0.397 e. The van der Waals surface area contributed by atoms with Gasteiger partial charge < -0.3 is 24.2 Å². The molecule has 0 radical (unpaired) electrons. The summed E-state index contributed by atoms with van der Waals surface area (Å²) in [6.45, 7) is 5.60. The number of fused-ring (bicyclic) bond motifs is 1. The molecule has 1 aliphatic heterocycles. The minimum atomic E-state index is -4.65. The Hall–Kier alpha value is -3.90. The van der Waals surface area contributed by atoms with E-state index in [1.165, 1.54) is 23.1 Å². The number of nitrogens with one attached hydrogen (secondary N) is 1. The molecule has 2 aromatic carbocycles. The molecule has 2 heterocycles. The molecule has 0 saturated carbocycles. The number of hydrogen-bond donors (Lipinski definition) is 1. The van der Waals surface area contributed by atoms with Crippen LogP contribution >= 0.6 is 0 Å². The molecule has 0 bridgehead atoms. The molecule has 1 aromatic heterocycles. The molecule has 0 unspecified atom stereocenters. The first-order valence-corrected chi connectivity index (χ1v) is 13.6. The van der Waals surface area contributed by atoms with Crippen LogP contribution in [0.3, 0.4) is 0 Å². The average Bonchev–Trinajstić information content (AvgIpc) is 3.41. The van der Waals surface area contributed by atoms with Crippen LogP contribution in [0.25, 0.3) is 11.3 Å². The molecule has 4 rings (SSSR count). The van der Waals surface area contributed by atoms with Crippen molar-refractivity contribution in [1.82, 2.24) is 15.0 Å². The molecule has 1 aliphatic rings. The summed E-state index contributed by atoms with van der Waals surface area (Å²) in [7, 11) is 3.21. The van der Waals surface area contributed by atoms with E-state index >= 15 is 0 Å². The van der Waals surface area contributed by atoms with Gasteiger partial charge in [-0.05, 0) is 31.0 Å². The van der Waals surface area contributed by atoms with E-state index in [1.54, 1.807) is 14.2 Å². The monoisotopic (exact) mass is 588 g/mol. The van der Waals surface area contributed by atoms with Crippen LogP contribution in [0.1, 0.15) is 36.3 Å². The summed E-state index contributed by atoms with van der Waals surface area (Å²) < 4.78 is 55.5. The number of alkyl halides is 3. The first kappa shape index (κ1) is 31.0. The number of hydrogen-bond acceptors (Lipinski definition) is 7. The fourth-order valence-electron chi connectivity index (χ4n) is 4.87. The Morgan fingerprint density at radius 2 is 1.86 bits per heavy atom. The molecule has 9 nitrogen and oxygen atoms in total. The van der Waals surface area contributed by atoms with E-state index in [0.29, 0.717) is 18.8 Å². The SMILES string of the molecule is CO[C@@H]1CN(C)C(=O)c2cc(NC(=O)CC(F)(F)F)ccc2OC[C@@H](C)N(Cc2cc(-c3ccccc3)on2)C[C@H]1C. The van der Waals surface area contributed by atoms with E-state index in [-0.39, 0.29) is 48.2 Å². The molecule has 226 valence electrons. The highest BCUT2D eigenvalue weighted by molar-refractivity contribution is 5.99. The van der Waals surface area contributed by atoms with Crippen molar-refractivity contribution in [2.75, 3.05) is 39.2 Å². The van der Waals surface area contributed by atoms with Crippen molar-refractivity contribution in [2.45, 2.75) is 45.1 Å². The summed E-state index contributed by atoms with van der Waals surface area (Å²) in [6, 6.07) is 15.7. The topological polar surface area (TPSA) is 97.1 Å². The molecule has 12 heteroatoms. The summed E-state index contributed by atoms with van der Waals surface area (Å²) in [4.78, 5) is 29.0. The Morgan fingerprint density at radius 1 is 1.12 bits per heavy atom. The second kappa shape index (κ2) is 13.4. The van der Waals surface area contributed by atoms with E-state index in [2.05, 4.69) is 15.4 Å². The van der Waals surface area contributed by atoms with E-state index in [9.17, 15) is 22.8 Å². The normalized spacial score (nSPS) is 20.7. The van der Waals surface area contributed by atoms with Crippen LogP contribution in [0.5, 0.6) is 5.75 Å². The van der Waals surface area contributed by atoms with Gasteiger partial charge in [0.2, 0.25) is 5.91 Å². The Morgan fingerprint density at radius 3 is 2.55 bits per heavy atom. The number of aromatic nitrogens is 1. The fourth-order valence-corrected chi connectivity index (χ4v) is 4.87. The van der Waals surface area contributed by atoms with Gasteiger partial charge in [-0.25, -0.2) is 0 Å². The zero-order valence-corrected chi connectivity index (χ0v) is 24.0. The van der Waals surface area contributed by atoms with Gasteiger partial charge in [0.1, 0.15) is 18.8 Å². The molecule has 0 saturated heterocycles. The smallest absolute Gasteiger partial charge is 0.397 e. The number of nitrogens with zero attached hydrogens (tertiary/aromatic N) is 3. The molecular weight excluding hydrogens is 553 g/mol. The van der Waals surface area contributed by atoms with Gasteiger partial charge in [-0.15, -0.1) is 0 Å². The summed E-state index contributed by atoms with van der Waals surface area (Å²) in [5, 5.41) is 6.50. The third-order valence-electron chi connectivity index (χ3n) is 7.20. The maximum atomic E-state index is 13.5. The molecule has 42 heavy (non-hydrogen) atoms. The minimum absolute atomic E-state index is 0.0000766. The van der Waals surface area contributed by atoms with Gasteiger partial charge in [-0.2, -0.15) is 13.2 Å². The van der Waals surface area contributed by atoms with Gasteiger partial charge in [0, 0.05) is 57.2 Å². The van der Waals surface area contributed by atoms with Crippen LogP contribution in [0.4, 0.5) is 18.9 Å². The number of ether oxygens (including phenoxy) is 2. The number of likely N-dealkylation sites (N-methyl/N-ethyl adjacent to an activating group) is 1. The number of amides is 2. The maximum absolute atomic E-state index is 13.5. The lowest BCUT2D eigenvalue weighted by Gasteiger charge is -2.35. The Kier molecular flexibility index (Phi) is 9.89. The van der Waals surface area contributed by atoms with Crippen molar-refractivity contribution in [2.24, 2.45) is 5.92 Å². The lowest BCUT2D eigenvalue weighted by molar-refractivity contribution is -0.150. The summed E-state index contributed by atoms with van der Waals surface area (Å²) in [5.74, 6) is -0.716. The average molecular weight is 589 g/mol. The number of anilines is 1. The molecule has 0 spiro atoms. The molecule has 3 aromatic rings. The van der Waals surface area contributed by atoms with Crippen molar-refractivity contribution in [3.8, 4) is 17.1 Å². The molecule has 0 fully saturated rings. The number of rotatable bonds is 6. The first-order chi connectivity index (χ1) is 19.9. The molecular formula is C30H35F3N4O5. The lowest BCUT2D eigenvalue weighted by Crippen LogP contribution is -2.46. The standard InChI is InChI=1S/C30H35F3N4O5/c1-19-15-37(16-23-13-26(42-35-23)21-8-6-5-7-9-21)20(2)18-41-25-11-10-22(34-28(38)14-30(31,32)33)12-24(25)29(39)36(3)17-27(19)40-4/h5-13,19-20,27H,14-18H2,1-4H3,(H,34,38)/t19-,20-,27-/m1/s1. The molecule has 2 amide bonds. The number of carbonyl (C=O) groups is 2. The molecule has 1 N–H and O–H groups in total. The van der Waals surface area contributed by atoms with E-state index in [4.69, 9.17) is 14.0 Å². The highest BCUT2D eigenvalue weighted by atomic mass is 19.4. The second-order valence-corrected chi connectivity index (χ2v) is 10.6. The predicted molar refractivity (Wildman–Crippen MR) is 150 cm³/mol. The van der Waals surface area contributed by atoms with E-state index < -0.39 is 24.4 Å². The Balaban J connectivity index is 1.59. The van der Waals surface area contributed by atoms with Crippen molar-refractivity contribution >= 4 is 17.5 Å². The van der Waals surface area contributed by atoms with E-state index in [1.807, 2.05) is 50.2 Å². The minimum Gasteiger partial charge on any atom is -0.491 e. The van der Waals surface area contributed by atoms with Crippen molar-refractivity contribution in [3.05, 3.63) is 65.9 Å². The predicted octanol–water partition coefficient (Wildman–Crippen LogP) is 5.24. The van der Waals surface area contributed by atoms with Crippen molar-refractivity contribution in [1.29, 1.82) is 0 Å². The number of carbonyl (C=O) groups excluding carboxylic acids is 2. The van der Waals surface area contributed by atoms with Crippen LogP contribution in [-0.2, 0) is 16.1 Å². The largest absolute Gasteiger partial charge is 0.491 e. The van der Waals surface area contributed by atoms with Crippen molar-refractivity contribution in [3.63, 3.8) is 0 Å². The van der Waals surface area contributed by atoms with Crippen LogP contribution in [-0.4, -0.2) is 78.9 Å². The van der Waals surface area contributed by atoms with Crippen LogP contribution < -0.4 is 10.1 Å². The van der Waals surface area contributed by atoms with Gasteiger partial charge in [0.05, 0.1) is 17.4 Å².